The fourth-order valence-corrected chi connectivity index (χ4v) is 6.12. The van der Waals surface area contributed by atoms with Gasteiger partial charge in [-0.25, -0.2) is 9.59 Å². The largest absolute Gasteiger partial charge is 0.478 e. The molecule has 15 heteroatoms. The van der Waals surface area contributed by atoms with Crippen LogP contribution in [0.25, 0.3) is 22.3 Å². The second-order valence-corrected chi connectivity index (χ2v) is 11.9. The first-order chi connectivity index (χ1) is 22.6. The topological polar surface area (TPSA) is 75.6 Å². The van der Waals surface area contributed by atoms with Crippen molar-refractivity contribution in [2.45, 2.75) is 50.4 Å². The summed E-state index contributed by atoms with van der Waals surface area (Å²) in [5.41, 5.74) is -6.37. The summed E-state index contributed by atoms with van der Waals surface area (Å²) in [5.74, 6) is -1.18. The lowest BCUT2D eigenvalue weighted by Crippen LogP contribution is -2.41. The molecule has 1 amide bonds. The Kier molecular flexibility index (Phi) is 8.94. The Hall–Kier alpha value is -4.72. The van der Waals surface area contributed by atoms with E-state index in [1.807, 2.05) is 0 Å². The summed E-state index contributed by atoms with van der Waals surface area (Å²) in [5, 5.41) is 11.7. The van der Waals surface area contributed by atoms with Crippen molar-refractivity contribution in [2.24, 2.45) is 0 Å². The molecule has 1 saturated heterocycles. The molecule has 2 N–H and O–H groups in total. The summed E-state index contributed by atoms with van der Waals surface area (Å²) in [6, 6.07) is 10.5. The molecule has 2 atom stereocenters. The number of carboxylic acids is 1. The normalized spacial score (nSPS) is 18.3. The molecule has 5 nitrogen and oxygen atoms in total. The fourth-order valence-electron chi connectivity index (χ4n) is 5.90. The Morgan fingerprint density at radius 1 is 0.796 bits per heavy atom. The highest BCUT2D eigenvalue weighted by molar-refractivity contribution is 6.33. The van der Waals surface area contributed by atoms with Gasteiger partial charge in [-0.3, -0.25) is 0 Å². The number of cyclic esters (lactones) is 1. The van der Waals surface area contributed by atoms with Crippen molar-refractivity contribution < 1.29 is 58.9 Å². The number of aryl methyl sites for hydroxylation is 1. The molecule has 0 radical (unpaired) electrons. The number of nitrogens with one attached hydrogen (secondary N) is 1. The average molecular weight is 716 g/mol. The molecule has 0 unspecified atom stereocenters. The maximum Gasteiger partial charge on any atom is 0.416 e. The summed E-state index contributed by atoms with van der Waals surface area (Å²) < 4.78 is 131. The van der Waals surface area contributed by atoms with Crippen LogP contribution in [0.3, 0.4) is 0 Å². The van der Waals surface area contributed by atoms with Gasteiger partial charge in [0.15, 0.2) is 5.60 Å². The lowest BCUT2D eigenvalue weighted by Gasteiger charge is -2.34. The number of amides is 1. The van der Waals surface area contributed by atoms with Crippen LogP contribution in [0.5, 0.6) is 0 Å². The first kappa shape index (κ1) is 35.6. The number of hydrogen-bond donors (Lipinski definition) is 2. The van der Waals surface area contributed by atoms with E-state index >= 15 is 0 Å². The van der Waals surface area contributed by atoms with Crippen molar-refractivity contribution in [3.8, 4) is 22.3 Å². The van der Waals surface area contributed by atoms with Gasteiger partial charge < -0.3 is 15.2 Å². The van der Waals surface area contributed by atoms with Crippen molar-refractivity contribution >= 4 is 23.7 Å². The number of carbonyl (C=O) groups excluding carboxylic acids is 1. The maximum absolute atomic E-state index is 14.1. The third kappa shape index (κ3) is 7.05. The number of carboxylic acid groups (broad SMARTS) is 1. The van der Waals surface area contributed by atoms with Crippen molar-refractivity contribution in [2.75, 3.05) is 0 Å². The molecule has 5 rings (SSSR count). The molecular weight excluding hydrogens is 693 g/mol. The zero-order valence-electron chi connectivity index (χ0n) is 25.2. The van der Waals surface area contributed by atoms with E-state index in [4.69, 9.17) is 16.3 Å². The Balaban J connectivity index is 1.78. The maximum atomic E-state index is 14.1. The number of carbonyl (C=O) groups is 2. The van der Waals surface area contributed by atoms with Gasteiger partial charge in [0.05, 0.1) is 28.3 Å². The molecule has 1 aliphatic heterocycles. The fraction of sp³-hybridized carbons (Fsp3) is 0.235. The molecule has 4 aromatic rings. The molecule has 49 heavy (non-hydrogen) atoms. The van der Waals surface area contributed by atoms with E-state index < -0.39 is 76.5 Å². The molecule has 258 valence electrons. The van der Waals surface area contributed by atoms with Gasteiger partial charge in [0, 0.05) is 22.6 Å². The van der Waals surface area contributed by atoms with Crippen molar-refractivity contribution in [3.05, 3.63) is 117 Å². The van der Waals surface area contributed by atoms with Crippen LogP contribution in [0.4, 0.5) is 44.3 Å². The Labute approximate surface area is 277 Å². The molecule has 1 fully saturated rings. The van der Waals surface area contributed by atoms with Crippen molar-refractivity contribution in [3.63, 3.8) is 0 Å². The van der Waals surface area contributed by atoms with Crippen LogP contribution in [0.1, 0.15) is 50.7 Å². The molecular formula is C34H23ClF9NO4. The van der Waals surface area contributed by atoms with E-state index in [9.17, 15) is 54.2 Å². The minimum Gasteiger partial charge on any atom is -0.478 e. The van der Waals surface area contributed by atoms with Crippen LogP contribution in [0, 0.1) is 6.92 Å². The number of alkyl carbamates (subject to hydrolysis) is 1. The average Bonchev–Trinajstić information content (AvgIpc) is 3.28. The van der Waals surface area contributed by atoms with Crippen LogP contribution in [0.2, 0.25) is 5.02 Å². The lowest BCUT2D eigenvalue weighted by atomic mass is 9.77. The standard InChI is InChI=1S/C34H23ClF9NO4/c1-16-9-20(29(46)47)3-6-24(16)19-4-8-28(35)26(12-19)25-7-5-21(32(36,37)38)14-27(25)31(17(2)45-30(48)49-31)15-18-10-22(33(39,40)41)13-23(11-18)34(42,43)44/h3-14,17H,15H2,1-2H3,(H,45,48)(H,46,47)/t17-,31+/m1/s1. The number of hydrogen-bond acceptors (Lipinski definition) is 3. The molecule has 4 aromatic carbocycles. The van der Waals surface area contributed by atoms with Crippen molar-refractivity contribution in [1.29, 1.82) is 0 Å². The van der Waals surface area contributed by atoms with Gasteiger partial charge >= 0.3 is 30.6 Å². The van der Waals surface area contributed by atoms with E-state index in [1.54, 1.807) is 13.0 Å². The van der Waals surface area contributed by atoms with E-state index in [-0.39, 0.29) is 27.8 Å². The van der Waals surface area contributed by atoms with Crippen LogP contribution < -0.4 is 5.32 Å². The highest BCUT2D eigenvalue weighted by Gasteiger charge is 2.51. The summed E-state index contributed by atoms with van der Waals surface area (Å²) >= 11 is 6.57. The molecule has 0 spiro atoms. The Morgan fingerprint density at radius 3 is 1.90 bits per heavy atom. The monoisotopic (exact) mass is 715 g/mol. The smallest absolute Gasteiger partial charge is 0.416 e. The van der Waals surface area contributed by atoms with Crippen LogP contribution >= 0.6 is 11.6 Å². The Bertz CT molecular complexity index is 1940. The SMILES string of the molecule is Cc1cc(C(=O)O)ccc1-c1ccc(Cl)c(-c2ccc(C(F)(F)F)cc2[C@@]2(Cc3cc(C(F)(F)F)cc(C(F)(F)F)c3)OC(=O)N[C@@H]2C)c1. The number of rotatable bonds is 6. The minimum absolute atomic E-state index is 0.00443. The first-order valence-electron chi connectivity index (χ1n) is 14.2. The number of aromatic carboxylic acids is 1. The number of ether oxygens (including phenoxy) is 1. The van der Waals surface area contributed by atoms with Crippen molar-refractivity contribution in [1.82, 2.24) is 5.32 Å². The molecule has 0 aromatic heterocycles. The van der Waals surface area contributed by atoms with E-state index in [0.717, 1.165) is 6.07 Å². The highest BCUT2D eigenvalue weighted by Crippen LogP contribution is 2.47. The quantitative estimate of drug-likeness (QED) is 0.195. The lowest BCUT2D eigenvalue weighted by molar-refractivity contribution is -0.143. The zero-order valence-corrected chi connectivity index (χ0v) is 25.9. The summed E-state index contributed by atoms with van der Waals surface area (Å²) in [6.07, 6.45) is -17.5. The van der Waals surface area contributed by atoms with E-state index in [0.29, 0.717) is 41.0 Å². The number of halogens is 10. The predicted octanol–water partition coefficient (Wildman–Crippen LogP) is 10.3. The van der Waals surface area contributed by atoms with Gasteiger partial charge in [0.1, 0.15) is 0 Å². The number of benzene rings is 4. The molecule has 1 heterocycles. The van der Waals surface area contributed by atoms with Gasteiger partial charge in [-0.1, -0.05) is 29.8 Å². The second-order valence-electron chi connectivity index (χ2n) is 11.5. The van der Waals surface area contributed by atoms with E-state index in [2.05, 4.69) is 5.32 Å². The Morgan fingerprint density at radius 2 is 1.39 bits per heavy atom. The summed E-state index contributed by atoms with van der Waals surface area (Å²) in [4.78, 5) is 24.1. The third-order valence-corrected chi connectivity index (χ3v) is 8.60. The summed E-state index contributed by atoms with van der Waals surface area (Å²) in [7, 11) is 0. The molecule has 0 bridgehead atoms. The molecule has 1 aliphatic rings. The first-order valence-corrected chi connectivity index (χ1v) is 14.6. The van der Waals surface area contributed by atoms with Gasteiger partial charge in [-0.05, 0) is 96.3 Å². The molecule has 0 saturated carbocycles. The zero-order chi connectivity index (χ0) is 36.3. The van der Waals surface area contributed by atoms with Gasteiger partial charge in [-0.2, -0.15) is 39.5 Å². The molecule has 0 aliphatic carbocycles. The van der Waals surface area contributed by atoms with Crippen LogP contribution in [-0.4, -0.2) is 23.2 Å². The van der Waals surface area contributed by atoms with Gasteiger partial charge in [0.2, 0.25) is 0 Å². The minimum atomic E-state index is -5.23. The summed E-state index contributed by atoms with van der Waals surface area (Å²) in [6.45, 7) is 2.92. The predicted molar refractivity (Wildman–Crippen MR) is 160 cm³/mol. The highest BCUT2D eigenvalue weighted by atomic mass is 35.5. The number of alkyl halides is 9. The second kappa shape index (κ2) is 12.3. The third-order valence-electron chi connectivity index (χ3n) is 8.27. The van der Waals surface area contributed by atoms with Gasteiger partial charge in [0.25, 0.3) is 0 Å². The van der Waals surface area contributed by atoms with Gasteiger partial charge in [-0.15, -0.1) is 0 Å². The van der Waals surface area contributed by atoms with Crippen LogP contribution in [0.15, 0.2) is 72.8 Å². The van der Waals surface area contributed by atoms with E-state index in [1.165, 1.54) is 37.3 Å². The van der Waals surface area contributed by atoms with Crippen LogP contribution in [-0.2, 0) is 35.3 Å².